The van der Waals surface area contributed by atoms with Gasteiger partial charge in [0.05, 0.1) is 26.4 Å². The molecule has 1 aliphatic heterocycles. The molecular formula is C23H31N3O4. The second-order valence-electron chi connectivity index (χ2n) is 7.42. The van der Waals surface area contributed by atoms with E-state index >= 15 is 0 Å². The summed E-state index contributed by atoms with van der Waals surface area (Å²) in [6.07, 6.45) is 0. The lowest BCUT2D eigenvalue weighted by Crippen LogP contribution is -2.44. The summed E-state index contributed by atoms with van der Waals surface area (Å²) in [5.74, 6) is 1.15. The number of carbonyl (C=O) groups excluding carboxylic acids is 1. The summed E-state index contributed by atoms with van der Waals surface area (Å²) in [4.78, 5) is 16.8. The number of amides is 1. The molecule has 0 spiro atoms. The van der Waals surface area contributed by atoms with Crippen molar-refractivity contribution in [2.45, 2.75) is 6.04 Å². The van der Waals surface area contributed by atoms with Crippen molar-refractivity contribution in [1.29, 1.82) is 0 Å². The van der Waals surface area contributed by atoms with E-state index in [2.05, 4.69) is 39.4 Å². The van der Waals surface area contributed by atoms with Crippen molar-refractivity contribution in [3.63, 3.8) is 0 Å². The van der Waals surface area contributed by atoms with E-state index in [0.29, 0.717) is 31.3 Å². The van der Waals surface area contributed by atoms with Crippen molar-refractivity contribution in [2.24, 2.45) is 0 Å². The molecule has 7 nitrogen and oxygen atoms in total. The van der Waals surface area contributed by atoms with Crippen molar-refractivity contribution in [1.82, 2.24) is 10.2 Å². The Balaban J connectivity index is 1.60. The predicted octanol–water partition coefficient (Wildman–Crippen LogP) is 2.33. The molecule has 7 heteroatoms. The molecule has 2 aromatic rings. The van der Waals surface area contributed by atoms with Crippen molar-refractivity contribution >= 4 is 11.6 Å². The van der Waals surface area contributed by atoms with E-state index in [0.717, 1.165) is 18.8 Å². The van der Waals surface area contributed by atoms with Crippen LogP contribution in [0.25, 0.3) is 0 Å². The standard InChI is InChI=1S/C23H31N3O4/c1-25(2)19-9-7-18(8-10-19)22(26-11-13-29-14-12-26)16-24-23(27)17-30-21-6-4-5-20(15-21)28-3/h4-10,15,22H,11-14,16-17H2,1-3H3,(H,24,27). The van der Waals surface area contributed by atoms with E-state index in [4.69, 9.17) is 14.2 Å². The van der Waals surface area contributed by atoms with Gasteiger partial charge in [-0.25, -0.2) is 0 Å². The Kier molecular flexibility index (Phi) is 7.93. The fraction of sp³-hybridized carbons (Fsp3) is 0.435. The molecule has 0 aliphatic carbocycles. The van der Waals surface area contributed by atoms with E-state index < -0.39 is 0 Å². The summed E-state index contributed by atoms with van der Waals surface area (Å²) < 4.78 is 16.3. The molecule has 1 aliphatic rings. The molecule has 1 atom stereocenters. The maximum Gasteiger partial charge on any atom is 0.258 e. The van der Waals surface area contributed by atoms with Crippen LogP contribution in [-0.4, -0.2) is 71.5 Å². The maximum absolute atomic E-state index is 12.4. The molecule has 0 aromatic heterocycles. The topological polar surface area (TPSA) is 63.3 Å². The Morgan fingerprint density at radius 2 is 1.83 bits per heavy atom. The van der Waals surface area contributed by atoms with E-state index in [1.54, 1.807) is 19.2 Å². The zero-order valence-electron chi connectivity index (χ0n) is 18.0. The summed E-state index contributed by atoms with van der Waals surface area (Å²) in [5.41, 5.74) is 2.33. The third-order valence-electron chi connectivity index (χ3n) is 5.18. The van der Waals surface area contributed by atoms with Gasteiger partial charge in [-0.3, -0.25) is 9.69 Å². The van der Waals surface area contributed by atoms with Crippen LogP contribution >= 0.6 is 0 Å². The highest BCUT2D eigenvalue weighted by Crippen LogP contribution is 2.24. The van der Waals surface area contributed by atoms with Crippen LogP contribution in [-0.2, 0) is 9.53 Å². The average Bonchev–Trinajstić information content (AvgIpc) is 2.79. The predicted molar refractivity (Wildman–Crippen MR) is 117 cm³/mol. The average molecular weight is 414 g/mol. The summed E-state index contributed by atoms with van der Waals surface area (Å²) in [5, 5.41) is 3.03. The monoisotopic (exact) mass is 413 g/mol. The smallest absolute Gasteiger partial charge is 0.258 e. The van der Waals surface area contributed by atoms with Crippen molar-refractivity contribution in [3.8, 4) is 11.5 Å². The van der Waals surface area contributed by atoms with Gasteiger partial charge in [-0.2, -0.15) is 0 Å². The third-order valence-corrected chi connectivity index (χ3v) is 5.18. The van der Waals surface area contributed by atoms with Gasteiger partial charge in [0, 0.05) is 45.5 Å². The number of benzene rings is 2. The van der Waals surface area contributed by atoms with Gasteiger partial charge in [-0.1, -0.05) is 18.2 Å². The van der Waals surface area contributed by atoms with E-state index in [1.165, 1.54) is 5.56 Å². The van der Waals surface area contributed by atoms with Gasteiger partial charge >= 0.3 is 0 Å². The Morgan fingerprint density at radius 1 is 1.13 bits per heavy atom. The second-order valence-corrected chi connectivity index (χ2v) is 7.42. The number of hydrogen-bond donors (Lipinski definition) is 1. The van der Waals surface area contributed by atoms with Crippen molar-refractivity contribution in [2.75, 3.05) is 65.6 Å². The molecule has 162 valence electrons. The van der Waals surface area contributed by atoms with Gasteiger partial charge in [-0.05, 0) is 29.8 Å². The van der Waals surface area contributed by atoms with Crippen LogP contribution in [0.1, 0.15) is 11.6 Å². The first-order valence-electron chi connectivity index (χ1n) is 10.2. The lowest BCUT2D eigenvalue weighted by atomic mass is 10.0. The molecule has 1 saturated heterocycles. The Bertz CT molecular complexity index is 804. The highest BCUT2D eigenvalue weighted by Gasteiger charge is 2.23. The number of anilines is 1. The van der Waals surface area contributed by atoms with Crippen molar-refractivity contribution in [3.05, 3.63) is 54.1 Å². The first kappa shape index (κ1) is 21.9. The largest absolute Gasteiger partial charge is 0.497 e. The molecule has 0 radical (unpaired) electrons. The number of carbonyl (C=O) groups is 1. The Hall–Kier alpha value is -2.77. The minimum Gasteiger partial charge on any atom is -0.497 e. The van der Waals surface area contributed by atoms with Crippen LogP contribution in [0.3, 0.4) is 0 Å². The van der Waals surface area contributed by atoms with Crippen LogP contribution in [0.5, 0.6) is 11.5 Å². The summed E-state index contributed by atoms with van der Waals surface area (Å²) in [6, 6.07) is 15.8. The Labute approximate surface area is 178 Å². The summed E-state index contributed by atoms with van der Waals surface area (Å²) >= 11 is 0. The van der Waals surface area contributed by atoms with Gasteiger partial charge in [0.15, 0.2) is 6.61 Å². The molecule has 2 aromatic carbocycles. The molecule has 1 fully saturated rings. The number of ether oxygens (including phenoxy) is 3. The minimum absolute atomic E-state index is 0.0391. The molecule has 1 unspecified atom stereocenters. The number of methoxy groups -OCH3 is 1. The SMILES string of the molecule is COc1cccc(OCC(=O)NCC(c2ccc(N(C)C)cc2)N2CCOCC2)c1. The van der Waals surface area contributed by atoms with Gasteiger partial charge in [0.2, 0.25) is 0 Å². The minimum atomic E-state index is -0.152. The zero-order chi connectivity index (χ0) is 21.3. The van der Waals surface area contributed by atoms with E-state index in [1.807, 2.05) is 26.2 Å². The third kappa shape index (κ3) is 6.11. The van der Waals surface area contributed by atoms with Crippen LogP contribution in [0.2, 0.25) is 0 Å². The Morgan fingerprint density at radius 3 is 2.50 bits per heavy atom. The molecule has 0 saturated carbocycles. The number of hydrogen-bond acceptors (Lipinski definition) is 6. The molecule has 30 heavy (non-hydrogen) atoms. The van der Waals surface area contributed by atoms with E-state index in [-0.39, 0.29) is 18.6 Å². The first-order chi connectivity index (χ1) is 14.6. The van der Waals surface area contributed by atoms with Gasteiger partial charge in [-0.15, -0.1) is 0 Å². The number of nitrogens with zero attached hydrogens (tertiary/aromatic N) is 2. The maximum atomic E-state index is 12.4. The lowest BCUT2D eigenvalue weighted by Gasteiger charge is -2.35. The van der Waals surface area contributed by atoms with Crippen LogP contribution in [0, 0.1) is 0 Å². The normalized spacial score (nSPS) is 15.3. The van der Waals surface area contributed by atoms with Gasteiger partial charge < -0.3 is 24.4 Å². The number of morpholine rings is 1. The first-order valence-corrected chi connectivity index (χ1v) is 10.2. The number of rotatable bonds is 9. The lowest BCUT2D eigenvalue weighted by molar-refractivity contribution is -0.123. The molecular weight excluding hydrogens is 382 g/mol. The van der Waals surface area contributed by atoms with Gasteiger partial charge in [0.25, 0.3) is 5.91 Å². The molecule has 1 N–H and O–H groups in total. The molecule has 1 heterocycles. The van der Waals surface area contributed by atoms with Gasteiger partial charge in [0.1, 0.15) is 11.5 Å². The highest BCUT2D eigenvalue weighted by molar-refractivity contribution is 5.77. The zero-order valence-corrected chi connectivity index (χ0v) is 18.0. The van der Waals surface area contributed by atoms with Crippen LogP contribution in [0.15, 0.2) is 48.5 Å². The highest BCUT2D eigenvalue weighted by atomic mass is 16.5. The van der Waals surface area contributed by atoms with E-state index in [9.17, 15) is 4.79 Å². The summed E-state index contributed by atoms with van der Waals surface area (Å²) in [6.45, 7) is 3.58. The van der Waals surface area contributed by atoms with Crippen molar-refractivity contribution < 1.29 is 19.0 Å². The molecule has 3 rings (SSSR count). The quantitative estimate of drug-likeness (QED) is 0.681. The fourth-order valence-corrected chi connectivity index (χ4v) is 3.44. The van der Waals surface area contributed by atoms with Crippen LogP contribution < -0.4 is 19.7 Å². The second kappa shape index (κ2) is 10.8. The number of nitrogens with one attached hydrogen (secondary N) is 1. The molecule has 1 amide bonds. The fourth-order valence-electron chi connectivity index (χ4n) is 3.44. The summed E-state index contributed by atoms with van der Waals surface area (Å²) in [7, 11) is 5.65. The van der Waals surface area contributed by atoms with Crippen LogP contribution in [0.4, 0.5) is 5.69 Å². The molecule has 0 bridgehead atoms.